The average molecular weight is 271 g/mol. The van der Waals surface area contributed by atoms with Crippen LogP contribution in [0, 0.1) is 5.82 Å². The Balaban J connectivity index is 2.99. The van der Waals surface area contributed by atoms with Crippen LogP contribution in [0.2, 0.25) is 0 Å². The van der Waals surface area contributed by atoms with Gasteiger partial charge in [-0.2, -0.15) is 13.2 Å². The minimum Gasteiger partial charge on any atom is -0.320 e. The summed E-state index contributed by atoms with van der Waals surface area (Å²) in [6.45, 7) is 1.05. The zero-order valence-electron chi connectivity index (χ0n) is 9.36. The second-order valence-electron chi connectivity index (χ2n) is 4.30. The molecule has 0 fully saturated rings. The largest absolute Gasteiger partial charge is 0.419 e. The molecule has 1 nitrogen and oxygen atoms in total. The zero-order chi connectivity index (χ0) is 14.1. The first-order chi connectivity index (χ1) is 8.04. The molecule has 0 spiro atoms. The first kappa shape index (κ1) is 14.8. The lowest BCUT2D eigenvalue weighted by Gasteiger charge is -2.23. The first-order valence-corrected chi connectivity index (χ1v) is 4.96. The van der Waals surface area contributed by atoms with Crippen molar-refractivity contribution in [3.8, 4) is 0 Å². The van der Waals surface area contributed by atoms with E-state index in [1.807, 2.05) is 0 Å². The topological polar surface area (TPSA) is 26.0 Å². The molecular weight excluding hydrogens is 260 g/mol. The molecule has 1 rings (SSSR count). The Morgan fingerprint density at radius 1 is 1.22 bits per heavy atom. The summed E-state index contributed by atoms with van der Waals surface area (Å²) in [4.78, 5) is 0. The fraction of sp³-hybridized carbons (Fsp3) is 0.455. The van der Waals surface area contributed by atoms with Crippen LogP contribution in [0.3, 0.4) is 0 Å². The maximum absolute atomic E-state index is 13.2. The summed E-state index contributed by atoms with van der Waals surface area (Å²) in [5, 5.41) is 0. The van der Waals surface area contributed by atoms with Gasteiger partial charge in [0.2, 0.25) is 0 Å². The van der Waals surface area contributed by atoms with E-state index in [4.69, 9.17) is 5.73 Å². The lowest BCUT2D eigenvalue weighted by molar-refractivity contribution is -0.140. The molecule has 0 radical (unpaired) electrons. The molecule has 0 saturated heterocycles. The lowest BCUT2D eigenvalue weighted by atomic mass is 9.93. The highest BCUT2D eigenvalue weighted by atomic mass is 19.4. The number of rotatable bonds is 3. The molecule has 102 valence electrons. The Morgan fingerprint density at radius 3 is 2.17 bits per heavy atom. The highest BCUT2D eigenvalue weighted by molar-refractivity contribution is 5.27. The van der Waals surface area contributed by atoms with E-state index in [0.717, 1.165) is 13.0 Å². The van der Waals surface area contributed by atoms with E-state index in [2.05, 4.69) is 0 Å². The van der Waals surface area contributed by atoms with Gasteiger partial charge in [-0.15, -0.1) is 0 Å². The van der Waals surface area contributed by atoms with Crippen LogP contribution in [0.5, 0.6) is 0 Å². The van der Waals surface area contributed by atoms with Crippen LogP contribution in [0.15, 0.2) is 18.2 Å². The van der Waals surface area contributed by atoms with Crippen molar-refractivity contribution in [2.24, 2.45) is 5.73 Å². The van der Waals surface area contributed by atoms with Crippen molar-refractivity contribution >= 4 is 0 Å². The van der Waals surface area contributed by atoms with Crippen LogP contribution in [-0.4, -0.2) is 12.0 Å². The molecule has 0 aliphatic heterocycles. The van der Waals surface area contributed by atoms with Crippen molar-refractivity contribution in [2.75, 3.05) is 0 Å². The number of hydrogen-bond donors (Lipinski definition) is 1. The van der Waals surface area contributed by atoms with Gasteiger partial charge in [-0.05, 0) is 31.0 Å². The normalized spacial score (nSPS) is 15.8. The predicted octanol–water partition coefficient (Wildman–Crippen LogP) is 3.37. The van der Waals surface area contributed by atoms with Crippen LogP contribution in [-0.2, 0) is 12.6 Å². The zero-order valence-corrected chi connectivity index (χ0v) is 9.36. The van der Waals surface area contributed by atoms with Crippen molar-refractivity contribution in [1.29, 1.82) is 0 Å². The Bertz CT molecular complexity index is 424. The summed E-state index contributed by atoms with van der Waals surface area (Å²) in [5.74, 6) is -1.50. The summed E-state index contributed by atoms with van der Waals surface area (Å²) in [6, 6.07) is 2.04. The van der Waals surface area contributed by atoms with Crippen LogP contribution in [0.1, 0.15) is 18.1 Å². The molecule has 1 unspecified atom stereocenters. The highest BCUT2D eigenvalue weighted by Gasteiger charge is 2.35. The summed E-state index contributed by atoms with van der Waals surface area (Å²) in [5.41, 5.74) is 1.92. The Kier molecular flexibility index (Phi) is 3.95. The molecule has 0 heterocycles. The van der Waals surface area contributed by atoms with Crippen molar-refractivity contribution < 1.29 is 26.3 Å². The van der Waals surface area contributed by atoms with Crippen LogP contribution >= 0.6 is 0 Å². The van der Waals surface area contributed by atoms with Gasteiger partial charge in [-0.3, -0.25) is 0 Å². The number of benzene rings is 1. The lowest BCUT2D eigenvalue weighted by Crippen LogP contribution is -2.45. The SMILES string of the molecule is CC(N)(Cc1ccc(C(F)(F)F)c(F)c1)C(F)F. The summed E-state index contributed by atoms with van der Waals surface area (Å²) in [7, 11) is 0. The first-order valence-electron chi connectivity index (χ1n) is 4.96. The van der Waals surface area contributed by atoms with Crippen molar-refractivity contribution in [3.63, 3.8) is 0 Å². The van der Waals surface area contributed by atoms with Gasteiger partial charge in [0, 0.05) is 0 Å². The highest BCUT2D eigenvalue weighted by Crippen LogP contribution is 2.32. The Hall–Kier alpha value is -1.24. The van der Waals surface area contributed by atoms with Gasteiger partial charge in [-0.1, -0.05) is 6.07 Å². The van der Waals surface area contributed by atoms with Gasteiger partial charge in [0.05, 0.1) is 11.1 Å². The third-order valence-electron chi connectivity index (χ3n) is 2.42. The second-order valence-corrected chi connectivity index (χ2v) is 4.30. The predicted molar refractivity (Wildman–Crippen MR) is 53.7 cm³/mol. The minimum atomic E-state index is -4.81. The molecule has 0 aliphatic carbocycles. The molecule has 0 aromatic heterocycles. The van der Waals surface area contributed by atoms with Gasteiger partial charge in [0.15, 0.2) is 0 Å². The van der Waals surface area contributed by atoms with E-state index in [9.17, 15) is 26.3 Å². The molecule has 18 heavy (non-hydrogen) atoms. The Labute approximate surface area is 99.6 Å². The molecule has 1 aromatic carbocycles. The number of hydrogen-bond acceptors (Lipinski definition) is 1. The molecule has 0 bridgehead atoms. The van der Waals surface area contributed by atoms with E-state index in [0.29, 0.717) is 12.1 Å². The number of halogens is 6. The molecule has 2 N–H and O–H groups in total. The van der Waals surface area contributed by atoms with Gasteiger partial charge in [-0.25, -0.2) is 13.2 Å². The van der Waals surface area contributed by atoms with Crippen LogP contribution < -0.4 is 5.73 Å². The third kappa shape index (κ3) is 3.38. The maximum Gasteiger partial charge on any atom is 0.419 e. The van der Waals surface area contributed by atoms with E-state index in [1.54, 1.807) is 0 Å². The molecular formula is C11H11F6N. The molecule has 0 amide bonds. The minimum absolute atomic E-state index is 0.00852. The molecule has 0 aliphatic rings. The van der Waals surface area contributed by atoms with E-state index >= 15 is 0 Å². The second kappa shape index (κ2) is 4.79. The summed E-state index contributed by atoms with van der Waals surface area (Å²) < 4.78 is 74.9. The van der Waals surface area contributed by atoms with E-state index in [-0.39, 0.29) is 5.56 Å². The fourth-order valence-corrected chi connectivity index (χ4v) is 1.42. The van der Waals surface area contributed by atoms with E-state index < -0.39 is 35.9 Å². The fourth-order valence-electron chi connectivity index (χ4n) is 1.42. The smallest absolute Gasteiger partial charge is 0.320 e. The third-order valence-corrected chi connectivity index (χ3v) is 2.42. The van der Waals surface area contributed by atoms with Gasteiger partial charge in [0.25, 0.3) is 6.43 Å². The molecule has 1 aromatic rings. The van der Waals surface area contributed by atoms with Crippen molar-refractivity contribution in [3.05, 3.63) is 35.1 Å². The monoisotopic (exact) mass is 271 g/mol. The number of alkyl halides is 5. The standard InChI is InChI=1S/C11H11F6N/c1-10(18,9(13)14)5-6-2-3-7(8(12)4-6)11(15,16)17/h2-4,9H,5,18H2,1H3. The van der Waals surface area contributed by atoms with Crippen LogP contribution in [0.4, 0.5) is 26.3 Å². The molecule has 0 saturated carbocycles. The Morgan fingerprint density at radius 2 is 1.78 bits per heavy atom. The van der Waals surface area contributed by atoms with Crippen LogP contribution in [0.25, 0.3) is 0 Å². The van der Waals surface area contributed by atoms with E-state index in [1.165, 1.54) is 0 Å². The number of nitrogens with two attached hydrogens (primary N) is 1. The quantitative estimate of drug-likeness (QED) is 0.838. The van der Waals surface area contributed by atoms with Gasteiger partial charge >= 0.3 is 6.18 Å². The molecule has 1 atom stereocenters. The van der Waals surface area contributed by atoms with Gasteiger partial charge < -0.3 is 5.73 Å². The average Bonchev–Trinajstić information content (AvgIpc) is 2.14. The maximum atomic E-state index is 13.2. The van der Waals surface area contributed by atoms with Gasteiger partial charge in [0.1, 0.15) is 5.82 Å². The van der Waals surface area contributed by atoms with Crippen molar-refractivity contribution in [1.82, 2.24) is 0 Å². The van der Waals surface area contributed by atoms with Crippen molar-refractivity contribution in [2.45, 2.75) is 31.5 Å². The summed E-state index contributed by atoms with van der Waals surface area (Å²) in [6.07, 6.45) is -8.08. The molecule has 7 heteroatoms. The summed E-state index contributed by atoms with van der Waals surface area (Å²) >= 11 is 0.